The summed E-state index contributed by atoms with van der Waals surface area (Å²) in [5, 5.41) is 14.6. The Morgan fingerprint density at radius 3 is 2.61 bits per heavy atom. The Hall–Kier alpha value is -1.57. The molecule has 1 saturated heterocycles. The average molecular weight is 265 g/mol. The standard InChI is InChI=1S/C8H13N3.C2HF3O2/c1-3-10-11(5-1)7-8-2-4-9-6-8;3-2(4,5)1(6)7/h1,3,5,8-9H,2,4,6-7H2;(H,6,7)/t8-;/m0./s1. The lowest BCUT2D eigenvalue weighted by atomic mass is 10.1. The number of aliphatic carboxylic acids is 1. The van der Waals surface area contributed by atoms with E-state index >= 15 is 0 Å². The maximum atomic E-state index is 10.6. The van der Waals surface area contributed by atoms with E-state index in [1.165, 1.54) is 13.0 Å². The van der Waals surface area contributed by atoms with Gasteiger partial charge in [0.1, 0.15) is 0 Å². The summed E-state index contributed by atoms with van der Waals surface area (Å²) < 4.78 is 33.7. The highest BCUT2D eigenvalue weighted by atomic mass is 19.4. The minimum absolute atomic E-state index is 0.787. The Balaban J connectivity index is 0.000000203. The molecule has 102 valence electrons. The number of aromatic nitrogens is 2. The van der Waals surface area contributed by atoms with Crippen molar-refractivity contribution in [2.75, 3.05) is 13.1 Å². The fourth-order valence-corrected chi connectivity index (χ4v) is 1.54. The first-order chi connectivity index (χ1) is 8.39. The molecule has 0 bridgehead atoms. The lowest BCUT2D eigenvalue weighted by Gasteiger charge is -2.06. The van der Waals surface area contributed by atoms with E-state index in [0.29, 0.717) is 0 Å². The van der Waals surface area contributed by atoms with Crippen molar-refractivity contribution in [3.8, 4) is 0 Å². The van der Waals surface area contributed by atoms with Crippen LogP contribution in [0.15, 0.2) is 18.5 Å². The van der Waals surface area contributed by atoms with Crippen LogP contribution in [0.25, 0.3) is 0 Å². The van der Waals surface area contributed by atoms with Crippen LogP contribution in [-0.4, -0.2) is 40.1 Å². The molecule has 1 aliphatic rings. The molecule has 0 aromatic carbocycles. The molecule has 0 unspecified atom stereocenters. The van der Waals surface area contributed by atoms with Gasteiger partial charge in [-0.15, -0.1) is 0 Å². The number of hydrogen-bond acceptors (Lipinski definition) is 3. The molecule has 0 amide bonds. The molecule has 2 heterocycles. The van der Waals surface area contributed by atoms with Crippen LogP contribution >= 0.6 is 0 Å². The van der Waals surface area contributed by atoms with Gasteiger partial charge in [-0.2, -0.15) is 18.3 Å². The summed E-state index contributed by atoms with van der Waals surface area (Å²) in [5.41, 5.74) is 0. The molecule has 1 aromatic rings. The maximum absolute atomic E-state index is 10.6. The molecule has 2 rings (SSSR count). The van der Waals surface area contributed by atoms with E-state index in [0.717, 1.165) is 19.0 Å². The van der Waals surface area contributed by atoms with E-state index in [-0.39, 0.29) is 0 Å². The van der Waals surface area contributed by atoms with Crippen molar-refractivity contribution in [2.24, 2.45) is 5.92 Å². The van der Waals surface area contributed by atoms with Gasteiger partial charge in [0, 0.05) is 18.9 Å². The Kier molecular flexibility index (Phi) is 5.14. The molecule has 18 heavy (non-hydrogen) atoms. The van der Waals surface area contributed by atoms with Gasteiger partial charge < -0.3 is 10.4 Å². The number of nitrogens with one attached hydrogen (secondary N) is 1. The fraction of sp³-hybridized carbons (Fsp3) is 0.600. The number of carboxylic acid groups (broad SMARTS) is 1. The van der Waals surface area contributed by atoms with Crippen molar-refractivity contribution < 1.29 is 23.1 Å². The van der Waals surface area contributed by atoms with Crippen LogP contribution in [0.5, 0.6) is 0 Å². The molecule has 1 aliphatic heterocycles. The van der Waals surface area contributed by atoms with Crippen LogP contribution in [0.4, 0.5) is 13.2 Å². The molecule has 1 fully saturated rings. The van der Waals surface area contributed by atoms with Crippen molar-refractivity contribution >= 4 is 5.97 Å². The van der Waals surface area contributed by atoms with E-state index in [1.54, 1.807) is 0 Å². The first-order valence-corrected chi connectivity index (χ1v) is 5.38. The molecule has 1 aromatic heterocycles. The summed E-state index contributed by atoms with van der Waals surface area (Å²) in [5.74, 6) is -1.97. The molecule has 8 heteroatoms. The molecular formula is C10H14F3N3O2. The zero-order valence-corrected chi connectivity index (χ0v) is 9.52. The lowest BCUT2D eigenvalue weighted by molar-refractivity contribution is -0.192. The van der Waals surface area contributed by atoms with Gasteiger partial charge in [-0.05, 0) is 31.5 Å². The van der Waals surface area contributed by atoms with E-state index in [2.05, 4.69) is 10.4 Å². The highest BCUT2D eigenvalue weighted by molar-refractivity contribution is 5.73. The van der Waals surface area contributed by atoms with Crippen molar-refractivity contribution in [1.29, 1.82) is 0 Å². The summed E-state index contributed by atoms with van der Waals surface area (Å²) >= 11 is 0. The third-order valence-electron chi connectivity index (χ3n) is 2.41. The third kappa shape index (κ3) is 5.17. The molecule has 1 atom stereocenters. The Bertz CT molecular complexity index is 359. The minimum atomic E-state index is -5.08. The number of carboxylic acids is 1. The van der Waals surface area contributed by atoms with Crippen molar-refractivity contribution in [3.63, 3.8) is 0 Å². The second-order valence-electron chi connectivity index (χ2n) is 3.89. The van der Waals surface area contributed by atoms with Crippen LogP contribution < -0.4 is 5.32 Å². The number of nitrogens with zero attached hydrogens (tertiary/aromatic N) is 2. The van der Waals surface area contributed by atoms with Crippen molar-refractivity contribution in [1.82, 2.24) is 15.1 Å². The van der Waals surface area contributed by atoms with Gasteiger partial charge in [0.25, 0.3) is 0 Å². The van der Waals surface area contributed by atoms with Crippen LogP contribution in [0.1, 0.15) is 6.42 Å². The fourth-order valence-electron chi connectivity index (χ4n) is 1.54. The van der Waals surface area contributed by atoms with E-state index in [1.807, 2.05) is 23.1 Å². The van der Waals surface area contributed by atoms with Crippen LogP contribution in [0, 0.1) is 5.92 Å². The van der Waals surface area contributed by atoms with E-state index in [4.69, 9.17) is 9.90 Å². The molecule has 0 aliphatic carbocycles. The van der Waals surface area contributed by atoms with E-state index < -0.39 is 12.1 Å². The number of rotatable bonds is 2. The van der Waals surface area contributed by atoms with Crippen molar-refractivity contribution in [2.45, 2.75) is 19.1 Å². The van der Waals surface area contributed by atoms with Crippen molar-refractivity contribution in [3.05, 3.63) is 18.5 Å². The summed E-state index contributed by atoms with van der Waals surface area (Å²) in [7, 11) is 0. The quantitative estimate of drug-likeness (QED) is 0.841. The molecule has 2 N–H and O–H groups in total. The first-order valence-electron chi connectivity index (χ1n) is 5.38. The second-order valence-corrected chi connectivity index (χ2v) is 3.89. The monoisotopic (exact) mass is 265 g/mol. The highest BCUT2D eigenvalue weighted by Gasteiger charge is 2.38. The smallest absolute Gasteiger partial charge is 0.475 e. The predicted molar refractivity (Wildman–Crippen MR) is 56.9 cm³/mol. The largest absolute Gasteiger partial charge is 0.490 e. The Morgan fingerprint density at radius 1 is 1.56 bits per heavy atom. The normalized spacial score (nSPS) is 19.2. The number of carbonyl (C=O) groups is 1. The molecule has 5 nitrogen and oxygen atoms in total. The average Bonchev–Trinajstić information content (AvgIpc) is 2.90. The Morgan fingerprint density at radius 2 is 2.22 bits per heavy atom. The molecular weight excluding hydrogens is 251 g/mol. The van der Waals surface area contributed by atoms with E-state index in [9.17, 15) is 13.2 Å². The zero-order valence-electron chi connectivity index (χ0n) is 9.52. The van der Waals surface area contributed by atoms with Gasteiger partial charge in [-0.25, -0.2) is 4.79 Å². The molecule has 0 spiro atoms. The highest BCUT2D eigenvalue weighted by Crippen LogP contribution is 2.13. The maximum Gasteiger partial charge on any atom is 0.490 e. The summed E-state index contributed by atoms with van der Waals surface area (Å²) in [6.07, 6.45) is 0.0700. The van der Waals surface area contributed by atoms with Gasteiger partial charge in [0.15, 0.2) is 0 Å². The summed E-state index contributed by atoms with van der Waals surface area (Å²) in [4.78, 5) is 8.90. The predicted octanol–water partition coefficient (Wildman–Crippen LogP) is 1.13. The van der Waals surface area contributed by atoms with Gasteiger partial charge in [0.05, 0.1) is 0 Å². The summed E-state index contributed by atoms with van der Waals surface area (Å²) in [6, 6.07) is 1.97. The van der Waals surface area contributed by atoms with Crippen LogP contribution in [0.2, 0.25) is 0 Å². The second kappa shape index (κ2) is 6.39. The van der Waals surface area contributed by atoms with Crippen LogP contribution in [0.3, 0.4) is 0 Å². The SMILES string of the molecule is O=C(O)C(F)(F)F.c1cnn(C[C@H]2CCNC2)c1. The van der Waals surface area contributed by atoms with Gasteiger partial charge in [-0.1, -0.05) is 0 Å². The summed E-state index contributed by atoms with van der Waals surface area (Å²) in [6.45, 7) is 3.39. The van der Waals surface area contributed by atoms with Crippen LogP contribution in [-0.2, 0) is 11.3 Å². The van der Waals surface area contributed by atoms with Gasteiger partial charge >= 0.3 is 12.1 Å². The topological polar surface area (TPSA) is 67.1 Å². The third-order valence-corrected chi connectivity index (χ3v) is 2.41. The lowest BCUT2D eigenvalue weighted by Crippen LogP contribution is -2.21. The first kappa shape index (κ1) is 14.5. The minimum Gasteiger partial charge on any atom is -0.475 e. The molecule has 0 saturated carbocycles. The zero-order chi connectivity index (χ0) is 13.6. The molecule has 0 radical (unpaired) electrons. The number of alkyl halides is 3. The number of hydrogen-bond donors (Lipinski definition) is 2. The van der Waals surface area contributed by atoms with Gasteiger partial charge in [-0.3, -0.25) is 4.68 Å². The number of halogens is 3. The Labute approximate surface area is 102 Å². The van der Waals surface area contributed by atoms with Gasteiger partial charge in [0.2, 0.25) is 0 Å².